The van der Waals surface area contributed by atoms with Crippen LogP contribution >= 0.6 is 11.8 Å². The van der Waals surface area contributed by atoms with Crippen LogP contribution in [0, 0.1) is 0 Å². The smallest absolute Gasteiger partial charge is 0.266 e. The van der Waals surface area contributed by atoms with Gasteiger partial charge in [-0.1, -0.05) is 12.1 Å². The van der Waals surface area contributed by atoms with E-state index in [0.717, 1.165) is 11.3 Å². The van der Waals surface area contributed by atoms with Crippen LogP contribution in [0.3, 0.4) is 0 Å². The van der Waals surface area contributed by atoms with Crippen molar-refractivity contribution in [3.63, 3.8) is 0 Å². The van der Waals surface area contributed by atoms with Crippen molar-refractivity contribution in [3.8, 4) is 5.75 Å². The van der Waals surface area contributed by atoms with Gasteiger partial charge in [-0.2, -0.15) is 0 Å². The van der Waals surface area contributed by atoms with E-state index in [1.165, 1.54) is 18.1 Å². The van der Waals surface area contributed by atoms with Crippen LogP contribution in [0.5, 0.6) is 5.75 Å². The minimum atomic E-state index is -0.125. The van der Waals surface area contributed by atoms with Gasteiger partial charge in [0.2, 0.25) is 0 Å². The minimum Gasteiger partial charge on any atom is -0.497 e. The number of ether oxygens (including phenoxy) is 1. The lowest BCUT2D eigenvalue weighted by Crippen LogP contribution is -2.13. The largest absolute Gasteiger partial charge is 0.497 e. The first-order chi connectivity index (χ1) is 9.24. The fraction of sp³-hybridized carbons (Fsp3) is 0.231. The predicted octanol–water partition coefficient (Wildman–Crippen LogP) is 2.11. The summed E-state index contributed by atoms with van der Waals surface area (Å²) in [7, 11) is 1.64. The van der Waals surface area contributed by atoms with Gasteiger partial charge >= 0.3 is 0 Å². The molecule has 0 aliphatic heterocycles. The third-order valence-corrected chi connectivity index (χ3v) is 3.42. The number of hydrogen-bond donors (Lipinski definition) is 2. The van der Waals surface area contributed by atoms with Crippen LogP contribution in [-0.4, -0.2) is 23.3 Å². The van der Waals surface area contributed by atoms with Crippen LogP contribution in [0.4, 0.5) is 5.82 Å². The van der Waals surface area contributed by atoms with E-state index in [4.69, 9.17) is 4.74 Å². The summed E-state index contributed by atoms with van der Waals surface area (Å²) in [5, 5.41) is 3.17. The van der Waals surface area contributed by atoms with E-state index in [1.54, 1.807) is 7.11 Å². The van der Waals surface area contributed by atoms with Crippen LogP contribution in [0.15, 0.2) is 40.3 Å². The Morgan fingerprint density at radius 1 is 1.37 bits per heavy atom. The molecule has 0 bridgehead atoms. The zero-order valence-corrected chi connectivity index (χ0v) is 11.6. The van der Waals surface area contributed by atoms with Crippen molar-refractivity contribution < 1.29 is 4.74 Å². The first-order valence-corrected chi connectivity index (χ1v) is 6.95. The fourth-order valence-electron chi connectivity index (χ4n) is 1.63. The minimum absolute atomic E-state index is 0.125. The molecular formula is C13H15N3O2S. The van der Waals surface area contributed by atoms with Gasteiger partial charge in [0.05, 0.1) is 13.4 Å². The molecule has 19 heavy (non-hydrogen) atoms. The molecule has 2 aromatic rings. The second-order valence-electron chi connectivity index (χ2n) is 3.82. The van der Waals surface area contributed by atoms with Crippen LogP contribution in [0.25, 0.3) is 0 Å². The zero-order chi connectivity index (χ0) is 13.7. The molecule has 1 heterocycles. The Morgan fingerprint density at radius 2 is 2.11 bits per heavy atom. The molecular weight excluding hydrogens is 262 g/mol. The maximum absolute atomic E-state index is 11.6. The number of anilines is 1. The summed E-state index contributed by atoms with van der Waals surface area (Å²) in [5.74, 6) is 1.43. The van der Waals surface area contributed by atoms with Crippen molar-refractivity contribution in [1.82, 2.24) is 9.97 Å². The first kappa shape index (κ1) is 13.5. The molecule has 0 fully saturated rings. The Labute approximate surface area is 115 Å². The topological polar surface area (TPSA) is 67.0 Å². The van der Waals surface area contributed by atoms with Crippen LogP contribution in [0.1, 0.15) is 5.56 Å². The average molecular weight is 277 g/mol. The van der Waals surface area contributed by atoms with Gasteiger partial charge in [-0.05, 0) is 24.0 Å². The number of methoxy groups -OCH3 is 1. The number of benzene rings is 1. The molecule has 100 valence electrons. The molecule has 0 aliphatic carbocycles. The number of thioether (sulfide) groups is 1. The summed E-state index contributed by atoms with van der Waals surface area (Å²) < 4.78 is 5.10. The lowest BCUT2D eigenvalue weighted by Gasteiger charge is -2.08. The SMILES string of the molecule is COc1ccc(CNc2nc[nH]c(=O)c2SC)cc1. The molecule has 6 heteroatoms. The van der Waals surface area contributed by atoms with Gasteiger partial charge < -0.3 is 15.0 Å². The number of nitrogens with zero attached hydrogens (tertiary/aromatic N) is 1. The normalized spacial score (nSPS) is 10.2. The highest BCUT2D eigenvalue weighted by atomic mass is 32.2. The Balaban J connectivity index is 2.09. The summed E-state index contributed by atoms with van der Waals surface area (Å²) in [6.07, 6.45) is 3.25. The number of nitrogens with one attached hydrogen (secondary N) is 2. The van der Waals surface area contributed by atoms with E-state index < -0.39 is 0 Å². The Bertz CT molecular complexity index is 596. The number of aromatic nitrogens is 2. The van der Waals surface area contributed by atoms with Gasteiger partial charge in [0.25, 0.3) is 5.56 Å². The highest BCUT2D eigenvalue weighted by Gasteiger charge is 2.06. The molecule has 0 aliphatic rings. The molecule has 2 rings (SSSR count). The van der Waals surface area contributed by atoms with Gasteiger partial charge in [0.1, 0.15) is 16.5 Å². The lowest BCUT2D eigenvalue weighted by molar-refractivity contribution is 0.414. The fourth-order valence-corrected chi connectivity index (χ4v) is 2.19. The molecule has 0 amide bonds. The van der Waals surface area contributed by atoms with Crippen molar-refractivity contribution >= 4 is 17.6 Å². The van der Waals surface area contributed by atoms with Crippen LogP contribution in [-0.2, 0) is 6.54 Å². The lowest BCUT2D eigenvalue weighted by atomic mass is 10.2. The molecule has 0 atom stereocenters. The number of hydrogen-bond acceptors (Lipinski definition) is 5. The third-order valence-electron chi connectivity index (χ3n) is 2.63. The maximum atomic E-state index is 11.6. The monoisotopic (exact) mass is 277 g/mol. The Kier molecular flexibility index (Phi) is 4.46. The second kappa shape index (κ2) is 6.29. The maximum Gasteiger partial charge on any atom is 0.266 e. The number of rotatable bonds is 5. The van der Waals surface area contributed by atoms with Gasteiger partial charge in [0, 0.05) is 6.54 Å². The quantitative estimate of drug-likeness (QED) is 0.819. The second-order valence-corrected chi connectivity index (χ2v) is 4.63. The molecule has 1 aromatic carbocycles. The summed E-state index contributed by atoms with van der Waals surface area (Å²) in [6.45, 7) is 0.605. The van der Waals surface area contributed by atoms with Gasteiger partial charge in [-0.3, -0.25) is 4.79 Å². The van der Waals surface area contributed by atoms with Gasteiger partial charge in [0.15, 0.2) is 0 Å². The molecule has 0 unspecified atom stereocenters. The van der Waals surface area contributed by atoms with E-state index in [0.29, 0.717) is 17.3 Å². The molecule has 0 spiro atoms. The first-order valence-electron chi connectivity index (χ1n) is 5.73. The van der Waals surface area contributed by atoms with Crippen molar-refractivity contribution in [1.29, 1.82) is 0 Å². The standard InChI is InChI=1S/C13H15N3O2S/c1-18-10-5-3-9(4-6-10)7-14-12-11(19-2)13(17)16-8-15-12/h3-6,8H,7H2,1-2H3,(H2,14,15,16,17). The van der Waals surface area contributed by atoms with Gasteiger partial charge in [-0.15, -0.1) is 11.8 Å². The van der Waals surface area contributed by atoms with E-state index in [1.807, 2.05) is 30.5 Å². The van der Waals surface area contributed by atoms with E-state index in [2.05, 4.69) is 15.3 Å². The number of H-pyrrole nitrogens is 1. The summed E-state index contributed by atoms with van der Waals surface area (Å²) >= 11 is 1.37. The highest BCUT2D eigenvalue weighted by Crippen LogP contribution is 2.18. The van der Waals surface area contributed by atoms with Crippen LogP contribution in [0.2, 0.25) is 0 Å². The summed E-state index contributed by atoms with van der Waals surface area (Å²) in [4.78, 5) is 18.9. The molecule has 0 saturated heterocycles. The van der Waals surface area contributed by atoms with Crippen molar-refractivity contribution in [2.75, 3.05) is 18.7 Å². The number of aromatic amines is 1. The molecule has 2 N–H and O–H groups in total. The molecule has 1 aromatic heterocycles. The third kappa shape index (κ3) is 3.29. The Morgan fingerprint density at radius 3 is 2.74 bits per heavy atom. The average Bonchev–Trinajstić information content (AvgIpc) is 2.45. The van der Waals surface area contributed by atoms with E-state index in [-0.39, 0.29) is 5.56 Å². The summed E-state index contributed by atoms with van der Waals surface area (Å²) in [6, 6.07) is 7.74. The zero-order valence-electron chi connectivity index (χ0n) is 10.8. The molecule has 0 radical (unpaired) electrons. The van der Waals surface area contributed by atoms with E-state index in [9.17, 15) is 4.79 Å². The predicted molar refractivity (Wildman–Crippen MR) is 77.0 cm³/mol. The molecule has 0 saturated carbocycles. The summed E-state index contributed by atoms with van der Waals surface area (Å²) in [5.41, 5.74) is 0.967. The highest BCUT2D eigenvalue weighted by molar-refractivity contribution is 7.98. The van der Waals surface area contributed by atoms with Crippen molar-refractivity contribution in [2.24, 2.45) is 0 Å². The van der Waals surface area contributed by atoms with Crippen molar-refractivity contribution in [2.45, 2.75) is 11.4 Å². The van der Waals surface area contributed by atoms with Gasteiger partial charge in [-0.25, -0.2) is 4.98 Å². The van der Waals surface area contributed by atoms with E-state index >= 15 is 0 Å². The Hall–Kier alpha value is -1.95. The van der Waals surface area contributed by atoms with Crippen molar-refractivity contribution in [3.05, 3.63) is 46.5 Å². The molecule has 5 nitrogen and oxygen atoms in total. The van der Waals surface area contributed by atoms with Crippen LogP contribution < -0.4 is 15.6 Å².